The molecule has 20 heavy (non-hydrogen) atoms. The third kappa shape index (κ3) is 3.05. The lowest BCUT2D eigenvalue weighted by atomic mass is 9.93. The summed E-state index contributed by atoms with van der Waals surface area (Å²) >= 11 is 0. The maximum Gasteiger partial charge on any atom is 0.151 e. The second-order valence-electron chi connectivity index (χ2n) is 7.05. The lowest BCUT2D eigenvalue weighted by molar-refractivity contribution is 0.148. The van der Waals surface area contributed by atoms with E-state index in [1.165, 1.54) is 38.2 Å². The maximum atomic E-state index is 4.77. The summed E-state index contributed by atoms with van der Waals surface area (Å²) in [6.07, 6.45) is 6.07. The fourth-order valence-electron chi connectivity index (χ4n) is 3.54. The van der Waals surface area contributed by atoms with E-state index >= 15 is 0 Å². The van der Waals surface area contributed by atoms with Gasteiger partial charge in [0.1, 0.15) is 5.82 Å². The van der Waals surface area contributed by atoms with Crippen molar-refractivity contribution < 1.29 is 0 Å². The Hall–Kier alpha value is -0.900. The molecule has 3 rings (SSSR count). The molecule has 2 aliphatic rings. The van der Waals surface area contributed by atoms with E-state index in [9.17, 15) is 0 Å². The van der Waals surface area contributed by atoms with Gasteiger partial charge in [0.15, 0.2) is 5.82 Å². The number of likely N-dealkylation sites (tertiary alicyclic amines) is 1. The summed E-state index contributed by atoms with van der Waals surface area (Å²) in [7, 11) is 0. The average Bonchev–Trinajstić information content (AvgIpc) is 2.80. The topological polar surface area (TPSA) is 34.0 Å². The van der Waals surface area contributed by atoms with Gasteiger partial charge in [-0.3, -0.25) is 0 Å². The normalized spacial score (nSPS) is 25.1. The lowest BCUT2D eigenvalue weighted by Crippen LogP contribution is -2.38. The predicted octanol–water partition coefficient (Wildman–Crippen LogP) is 2.52. The molecule has 0 bridgehead atoms. The molecule has 0 saturated carbocycles. The molecule has 112 valence electrons. The first-order valence-electron chi connectivity index (χ1n) is 8.28. The zero-order chi connectivity index (χ0) is 14.1. The Bertz CT molecular complexity index is 443. The molecule has 0 aliphatic carbocycles. The smallest absolute Gasteiger partial charge is 0.151 e. The van der Waals surface area contributed by atoms with Crippen molar-refractivity contribution in [1.29, 1.82) is 0 Å². The first-order chi connectivity index (χ1) is 9.61. The number of hydrogen-bond donors (Lipinski definition) is 0. The van der Waals surface area contributed by atoms with Crippen LogP contribution in [0.3, 0.4) is 0 Å². The van der Waals surface area contributed by atoms with Gasteiger partial charge >= 0.3 is 0 Å². The first kappa shape index (κ1) is 14.1. The van der Waals surface area contributed by atoms with Crippen molar-refractivity contribution in [2.75, 3.05) is 13.1 Å². The van der Waals surface area contributed by atoms with Crippen LogP contribution >= 0.6 is 0 Å². The molecule has 0 aromatic carbocycles. The SMILES string of the molecule is CC1CCc2nc(CC3CCN(C(C)C)CC3)nn2C1. The molecule has 0 radical (unpaired) electrons. The van der Waals surface area contributed by atoms with Crippen LogP contribution in [0.2, 0.25) is 0 Å². The second-order valence-corrected chi connectivity index (χ2v) is 7.05. The Morgan fingerprint density at radius 3 is 2.65 bits per heavy atom. The molecule has 4 nitrogen and oxygen atoms in total. The Balaban J connectivity index is 1.57. The van der Waals surface area contributed by atoms with Crippen LogP contribution in [0.1, 0.15) is 51.7 Å². The van der Waals surface area contributed by atoms with Crippen molar-refractivity contribution in [3.63, 3.8) is 0 Å². The van der Waals surface area contributed by atoms with Gasteiger partial charge in [0.2, 0.25) is 0 Å². The zero-order valence-electron chi connectivity index (χ0n) is 13.2. The quantitative estimate of drug-likeness (QED) is 0.850. The first-order valence-corrected chi connectivity index (χ1v) is 8.28. The molecule has 1 atom stereocenters. The van der Waals surface area contributed by atoms with E-state index in [-0.39, 0.29) is 0 Å². The number of hydrogen-bond acceptors (Lipinski definition) is 3. The van der Waals surface area contributed by atoms with E-state index in [4.69, 9.17) is 10.1 Å². The third-order valence-corrected chi connectivity index (χ3v) is 4.99. The van der Waals surface area contributed by atoms with Gasteiger partial charge in [-0.15, -0.1) is 0 Å². The highest BCUT2D eigenvalue weighted by molar-refractivity contribution is 4.98. The summed E-state index contributed by atoms with van der Waals surface area (Å²) in [6.45, 7) is 10.5. The van der Waals surface area contributed by atoms with Crippen molar-refractivity contribution >= 4 is 0 Å². The van der Waals surface area contributed by atoms with E-state index in [1.807, 2.05) is 0 Å². The molecule has 1 aromatic heterocycles. The molecule has 1 unspecified atom stereocenters. The molecular formula is C16H28N4. The maximum absolute atomic E-state index is 4.77. The van der Waals surface area contributed by atoms with Crippen LogP contribution in [-0.2, 0) is 19.4 Å². The van der Waals surface area contributed by atoms with Crippen LogP contribution in [-0.4, -0.2) is 38.8 Å². The van der Waals surface area contributed by atoms with Gasteiger partial charge in [-0.25, -0.2) is 9.67 Å². The minimum absolute atomic E-state index is 0.690. The van der Waals surface area contributed by atoms with Crippen molar-refractivity contribution in [2.45, 2.75) is 65.5 Å². The molecule has 1 fully saturated rings. The van der Waals surface area contributed by atoms with Gasteiger partial charge in [0.25, 0.3) is 0 Å². The van der Waals surface area contributed by atoms with Crippen LogP contribution in [0, 0.1) is 11.8 Å². The van der Waals surface area contributed by atoms with Crippen molar-refractivity contribution in [1.82, 2.24) is 19.7 Å². The molecule has 0 N–H and O–H groups in total. The number of nitrogens with zero attached hydrogens (tertiary/aromatic N) is 4. The largest absolute Gasteiger partial charge is 0.301 e. The van der Waals surface area contributed by atoms with Crippen LogP contribution in [0.5, 0.6) is 0 Å². The van der Waals surface area contributed by atoms with Crippen LogP contribution < -0.4 is 0 Å². The van der Waals surface area contributed by atoms with Gasteiger partial charge in [-0.05, 0) is 58.0 Å². The number of rotatable bonds is 3. The number of aryl methyl sites for hydroxylation is 1. The number of aromatic nitrogens is 3. The summed E-state index contributed by atoms with van der Waals surface area (Å²) in [5, 5.41) is 4.74. The number of piperidine rings is 1. The molecule has 4 heteroatoms. The molecule has 1 saturated heterocycles. The summed E-state index contributed by atoms with van der Waals surface area (Å²) in [5.41, 5.74) is 0. The Morgan fingerprint density at radius 2 is 1.95 bits per heavy atom. The average molecular weight is 276 g/mol. The van der Waals surface area contributed by atoms with Gasteiger partial charge in [-0.2, -0.15) is 5.10 Å². The molecule has 1 aromatic rings. The Kier molecular flexibility index (Phi) is 4.11. The standard InChI is InChI=1S/C16H28N4/c1-12(2)19-8-6-14(7-9-19)10-15-17-16-5-4-13(3)11-20(16)18-15/h12-14H,4-11H2,1-3H3. The summed E-state index contributed by atoms with van der Waals surface area (Å²) < 4.78 is 2.16. The monoisotopic (exact) mass is 276 g/mol. The highest BCUT2D eigenvalue weighted by atomic mass is 15.4. The predicted molar refractivity (Wildman–Crippen MR) is 80.6 cm³/mol. The minimum Gasteiger partial charge on any atom is -0.301 e. The summed E-state index contributed by atoms with van der Waals surface area (Å²) in [5.74, 6) is 3.85. The van der Waals surface area contributed by atoms with E-state index < -0.39 is 0 Å². The van der Waals surface area contributed by atoms with Crippen molar-refractivity contribution in [3.8, 4) is 0 Å². The van der Waals surface area contributed by atoms with Crippen LogP contribution in [0.25, 0.3) is 0 Å². The van der Waals surface area contributed by atoms with Gasteiger partial charge in [0, 0.05) is 25.4 Å². The molecule has 0 amide bonds. The van der Waals surface area contributed by atoms with Crippen LogP contribution in [0.15, 0.2) is 0 Å². The van der Waals surface area contributed by atoms with Crippen LogP contribution in [0.4, 0.5) is 0 Å². The highest BCUT2D eigenvalue weighted by Gasteiger charge is 2.24. The fourth-order valence-corrected chi connectivity index (χ4v) is 3.54. The number of fused-ring (bicyclic) bond motifs is 1. The molecular weight excluding hydrogens is 248 g/mol. The van der Waals surface area contributed by atoms with E-state index in [1.54, 1.807) is 0 Å². The van der Waals surface area contributed by atoms with E-state index in [0.29, 0.717) is 6.04 Å². The van der Waals surface area contributed by atoms with Crippen molar-refractivity contribution in [3.05, 3.63) is 11.6 Å². The third-order valence-electron chi connectivity index (χ3n) is 4.99. The summed E-state index contributed by atoms with van der Waals surface area (Å²) in [6, 6.07) is 0.690. The van der Waals surface area contributed by atoms with Gasteiger partial charge < -0.3 is 4.90 Å². The molecule has 0 spiro atoms. The molecule has 3 heterocycles. The summed E-state index contributed by atoms with van der Waals surface area (Å²) in [4.78, 5) is 7.36. The Morgan fingerprint density at radius 1 is 1.20 bits per heavy atom. The lowest BCUT2D eigenvalue weighted by Gasteiger charge is -2.34. The fraction of sp³-hybridized carbons (Fsp3) is 0.875. The molecule has 2 aliphatic heterocycles. The minimum atomic E-state index is 0.690. The van der Waals surface area contributed by atoms with Gasteiger partial charge in [-0.1, -0.05) is 6.92 Å². The van der Waals surface area contributed by atoms with Gasteiger partial charge in [0.05, 0.1) is 0 Å². The van der Waals surface area contributed by atoms with E-state index in [0.717, 1.165) is 37.0 Å². The second kappa shape index (κ2) is 5.84. The highest BCUT2D eigenvalue weighted by Crippen LogP contribution is 2.23. The van der Waals surface area contributed by atoms with E-state index in [2.05, 4.69) is 30.4 Å². The zero-order valence-corrected chi connectivity index (χ0v) is 13.2. The Labute approximate surface area is 122 Å². The van der Waals surface area contributed by atoms with Crippen molar-refractivity contribution in [2.24, 2.45) is 11.8 Å².